The molecule has 12 heteroatoms. The Bertz CT molecular complexity index is 1150. The summed E-state index contributed by atoms with van der Waals surface area (Å²) in [5, 5.41) is -0.586. The van der Waals surface area contributed by atoms with E-state index >= 15 is 0 Å². The SMILES string of the molecule is NCC(N)(c1cc(-c2ccc(C(F)(F)F)c(Cl)c2)ncn1)c1cc(C(F)(F)F)ccc1F. The Labute approximate surface area is 182 Å². The lowest BCUT2D eigenvalue weighted by molar-refractivity contribution is -0.138. The van der Waals surface area contributed by atoms with Crippen molar-refractivity contribution in [2.24, 2.45) is 11.5 Å². The smallest absolute Gasteiger partial charge is 0.328 e. The first-order chi connectivity index (χ1) is 14.8. The van der Waals surface area contributed by atoms with E-state index in [0.29, 0.717) is 18.2 Å². The first-order valence-corrected chi connectivity index (χ1v) is 9.21. The predicted octanol–water partition coefficient (Wildman–Crippen LogP) is 5.13. The zero-order valence-corrected chi connectivity index (χ0v) is 16.7. The second-order valence-corrected chi connectivity index (χ2v) is 7.26. The molecule has 0 aliphatic heterocycles. The molecule has 4 nitrogen and oxygen atoms in total. The number of hydrogen-bond donors (Lipinski definition) is 2. The molecule has 2 aromatic carbocycles. The van der Waals surface area contributed by atoms with Gasteiger partial charge >= 0.3 is 12.4 Å². The van der Waals surface area contributed by atoms with Crippen molar-refractivity contribution in [1.82, 2.24) is 9.97 Å². The second-order valence-electron chi connectivity index (χ2n) is 6.85. The second kappa shape index (κ2) is 8.30. The Morgan fingerprint density at radius 3 is 2.09 bits per heavy atom. The van der Waals surface area contributed by atoms with Gasteiger partial charge in [-0.05, 0) is 36.4 Å². The molecule has 0 bridgehead atoms. The Hall–Kier alpha value is -2.76. The summed E-state index contributed by atoms with van der Waals surface area (Å²) in [6.45, 7) is -0.532. The van der Waals surface area contributed by atoms with Gasteiger partial charge in [0.1, 0.15) is 12.1 Å². The minimum atomic E-state index is -4.76. The summed E-state index contributed by atoms with van der Waals surface area (Å²) < 4.78 is 92.7. The summed E-state index contributed by atoms with van der Waals surface area (Å²) in [7, 11) is 0. The lowest BCUT2D eigenvalue weighted by atomic mass is 9.85. The van der Waals surface area contributed by atoms with E-state index in [2.05, 4.69) is 9.97 Å². The van der Waals surface area contributed by atoms with Gasteiger partial charge in [0.15, 0.2) is 0 Å². The number of rotatable bonds is 4. The van der Waals surface area contributed by atoms with Crippen molar-refractivity contribution < 1.29 is 30.7 Å². The number of nitrogens with two attached hydrogens (primary N) is 2. The van der Waals surface area contributed by atoms with Gasteiger partial charge in [-0.2, -0.15) is 26.3 Å². The number of hydrogen-bond acceptors (Lipinski definition) is 4. The third-order valence-electron chi connectivity index (χ3n) is 4.79. The molecule has 0 amide bonds. The van der Waals surface area contributed by atoms with E-state index in [9.17, 15) is 30.7 Å². The highest BCUT2D eigenvalue weighted by atomic mass is 35.5. The molecule has 4 N–H and O–H groups in total. The van der Waals surface area contributed by atoms with Gasteiger partial charge in [-0.3, -0.25) is 0 Å². The molecule has 1 aromatic heterocycles. The lowest BCUT2D eigenvalue weighted by Crippen LogP contribution is -2.46. The van der Waals surface area contributed by atoms with Crippen molar-refractivity contribution in [2.45, 2.75) is 17.9 Å². The average molecular weight is 479 g/mol. The maximum atomic E-state index is 14.5. The minimum Gasteiger partial charge on any atom is -0.328 e. The van der Waals surface area contributed by atoms with Gasteiger partial charge < -0.3 is 11.5 Å². The molecular formula is C20H14ClF7N4. The number of aromatic nitrogens is 2. The van der Waals surface area contributed by atoms with Crippen LogP contribution in [-0.4, -0.2) is 16.5 Å². The molecule has 0 fully saturated rings. The molecule has 0 saturated heterocycles. The van der Waals surface area contributed by atoms with Crippen LogP contribution >= 0.6 is 11.6 Å². The van der Waals surface area contributed by atoms with Crippen LogP contribution in [0.4, 0.5) is 30.7 Å². The number of alkyl halides is 6. The van der Waals surface area contributed by atoms with Crippen molar-refractivity contribution in [3.05, 3.63) is 82.0 Å². The Morgan fingerprint density at radius 1 is 0.844 bits per heavy atom. The minimum absolute atomic E-state index is 0.0567. The zero-order valence-electron chi connectivity index (χ0n) is 15.9. The molecule has 3 aromatic rings. The van der Waals surface area contributed by atoms with E-state index in [-0.39, 0.29) is 17.0 Å². The van der Waals surface area contributed by atoms with Crippen LogP contribution in [0.25, 0.3) is 11.3 Å². The van der Waals surface area contributed by atoms with E-state index in [0.717, 1.165) is 24.5 Å². The third kappa shape index (κ3) is 4.54. The largest absolute Gasteiger partial charge is 0.417 e. The average Bonchev–Trinajstić information content (AvgIpc) is 2.71. The Morgan fingerprint density at radius 2 is 1.53 bits per heavy atom. The maximum Gasteiger partial charge on any atom is 0.417 e. The normalized spacial score (nSPS) is 14.3. The molecule has 0 spiro atoms. The van der Waals surface area contributed by atoms with Crippen molar-refractivity contribution in [3.63, 3.8) is 0 Å². The summed E-state index contributed by atoms with van der Waals surface area (Å²) >= 11 is 5.73. The molecule has 0 aliphatic rings. The summed E-state index contributed by atoms with van der Waals surface area (Å²) in [5.41, 5.74) is 7.25. The summed E-state index contributed by atoms with van der Waals surface area (Å²) in [6.07, 6.45) is -8.44. The standard InChI is InChI=1S/C20H14ClF7N4/c21-14-5-10(1-3-12(14)20(26,27)28)16-7-17(32-9-31-16)18(30,8-29)13-6-11(19(23,24)25)2-4-15(13)22/h1-7,9H,8,29-30H2. The first kappa shape index (κ1) is 23.9. The third-order valence-corrected chi connectivity index (χ3v) is 5.10. The molecule has 0 saturated carbocycles. The molecule has 32 heavy (non-hydrogen) atoms. The summed E-state index contributed by atoms with van der Waals surface area (Å²) in [4.78, 5) is 7.86. The van der Waals surface area contributed by atoms with Crippen molar-refractivity contribution >= 4 is 11.6 Å². The van der Waals surface area contributed by atoms with Crippen LogP contribution in [0, 0.1) is 5.82 Å². The molecule has 0 aliphatic carbocycles. The number of benzene rings is 2. The van der Waals surface area contributed by atoms with Gasteiger partial charge in [-0.15, -0.1) is 0 Å². The zero-order chi connectivity index (χ0) is 23.9. The number of halogens is 8. The topological polar surface area (TPSA) is 77.8 Å². The fourth-order valence-corrected chi connectivity index (χ4v) is 3.35. The van der Waals surface area contributed by atoms with Gasteiger partial charge in [-0.25, -0.2) is 14.4 Å². The molecular weight excluding hydrogens is 465 g/mol. The van der Waals surface area contributed by atoms with Crippen LogP contribution in [-0.2, 0) is 17.9 Å². The molecule has 1 unspecified atom stereocenters. The number of nitrogens with zero attached hydrogens (tertiary/aromatic N) is 2. The monoisotopic (exact) mass is 478 g/mol. The van der Waals surface area contributed by atoms with Gasteiger partial charge in [-0.1, -0.05) is 17.7 Å². The van der Waals surface area contributed by atoms with Gasteiger partial charge in [0.05, 0.1) is 33.1 Å². The van der Waals surface area contributed by atoms with Crippen LogP contribution in [0.3, 0.4) is 0 Å². The Balaban J connectivity index is 2.11. The fraction of sp³-hybridized carbons (Fsp3) is 0.200. The summed E-state index contributed by atoms with van der Waals surface area (Å²) in [6, 6.07) is 5.79. The van der Waals surface area contributed by atoms with Crippen molar-refractivity contribution in [1.29, 1.82) is 0 Å². The summed E-state index contributed by atoms with van der Waals surface area (Å²) in [5.74, 6) is -1.04. The lowest BCUT2D eigenvalue weighted by Gasteiger charge is -2.29. The fourth-order valence-electron chi connectivity index (χ4n) is 3.06. The van der Waals surface area contributed by atoms with Gasteiger partial charge in [0.25, 0.3) is 0 Å². The van der Waals surface area contributed by atoms with Crippen LogP contribution in [0.1, 0.15) is 22.4 Å². The van der Waals surface area contributed by atoms with E-state index in [1.54, 1.807) is 0 Å². The van der Waals surface area contributed by atoms with Crippen LogP contribution in [0.15, 0.2) is 48.8 Å². The molecule has 3 rings (SSSR count). The molecule has 1 heterocycles. The molecule has 1 atom stereocenters. The van der Waals surface area contributed by atoms with Gasteiger partial charge in [0.2, 0.25) is 0 Å². The predicted molar refractivity (Wildman–Crippen MR) is 103 cm³/mol. The van der Waals surface area contributed by atoms with Crippen LogP contribution in [0.5, 0.6) is 0 Å². The maximum absolute atomic E-state index is 14.5. The van der Waals surface area contributed by atoms with Crippen molar-refractivity contribution in [3.8, 4) is 11.3 Å². The van der Waals surface area contributed by atoms with E-state index in [4.69, 9.17) is 23.1 Å². The highest BCUT2D eigenvalue weighted by molar-refractivity contribution is 6.31. The van der Waals surface area contributed by atoms with E-state index in [1.165, 1.54) is 6.07 Å². The Kier molecular flexibility index (Phi) is 6.20. The highest BCUT2D eigenvalue weighted by Gasteiger charge is 2.38. The van der Waals surface area contributed by atoms with Crippen LogP contribution in [0.2, 0.25) is 5.02 Å². The van der Waals surface area contributed by atoms with E-state index in [1.807, 2.05) is 0 Å². The van der Waals surface area contributed by atoms with Crippen LogP contribution < -0.4 is 11.5 Å². The van der Waals surface area contributed by atoms with Crippen molar-refractivity contribution in [2.75, 3.05) is 6.54 Å². The molecule has 170 valence electrons. The first-order valence-electron chi connectivity index (χ1n) is 8.83. The van der Waals surface area contributed by atoms with Gasteiger partial charge in [0, 0.05) is 17.7 Å². The molecule has 0 radical (unpaired) electrons. The quantitative estimate of drug-likeness (QED) is 0.509. The van der Waals surface area contributed by atoms with E-state index < -0.39 is 52.0 Å². The highest BCUT2D eigenvalue weighted by Crippen LogP contribution is 2.38.